The molecular weight excluding hydrogens is 388 g/mol. The Morgan fingerprint density at radius 3 is 2.58 bits per heavy atom. The first kappa shape index (κ1) is 20.5. The summed E-state index contributed by atoms with van der Waals surface area (Å²) in [7, 11) is 0. The lowest BCUT2D eigenvalue weighted by molar-refractivity contribution is 0.0590. The Labute approximate surface area is 184 Å². The second-order valence-electron chi connectivity index (χ2n) is 9.91. The van der Waals surface area contributed by atoms with Gasteiger partial charge in [-0.15, -0.1) is 0 Å². The number of nitrogens with zero attached hydrogens (tertiary/aromatic N) is 5. The fourth-order valence-electron chi connectivity index (χ4n) is 5.55. The first-order valence-corrected chi connectivity index (χ1v) is 11.8. The van der Waals surface area contributed by atoms with Crippen molar-refractivity contribution in [3.63, 3.8) is 0 Å². The molecule has 3 aliphatic rings. The van der Waals surface area contributed by atoms with Crippen LogP contribution in [0.3, 0.4) is 0 Å². The van der Waals surface area contributed by atoms with Gasteiger partial charge in [-0.05, 0) is 71.2 Å². The largest absolute Gasteiger partial charge is 0.361 e. The van der Waals surface area contributed by atoms with E-state index in [1.807, 2.05) is 34.0 Å². The molecule has 1 amide bonds. The van der Waals surface area contributed by atoms with Gasteiger partial charge in [0.1, 0.15) is 11.4 Å². The number of hydrogen-bond donors (Lipinski definition) is 1. The SMILES string of the molecule is CC1(C)CC(c2ccccn2)Nc2c(C(=O)N3CCC(N4CCCCC4)CC3)cnn21. The van der Waals surface area contributed by atoms with Crippen LogP contribution >= 0.6 is 0 Å². The van der Waals surface area contributed by atoms with Crippen LogP contribution < -0.4 is 5.32 Å². The first-order valence-electron chi connectivity index (χ1n) is 11.8. The Hall–Kier alpha value is -2.41. The van der Waals surface area contributed by atoms with Crippen molar-refractivity contribution < 1.29 is 4.79 Å². The van der Waals surface area contributed by atoms with E-state index in [0.717, 1.165) is 43.9 Å². The molecule has 0 spiro atoms. The van der Waals surface area contributed by atoms with Gasteiger partial charge in [-0.25, -0.2) is 4.68 Å². The van der Waals surface area contributed by atoms with E-state index in [-0.39, 0.29) is 17.5 Å². The monoisotopic (exact) mass is 422 g/mol. The third-order valence-corrected chi connectivity index (χ3v) is 7.29. The molecular formula is C24H34N6O. The van der Waals surface area contributed by atoms with E-state index < -0.39 is 0 Å². The maximum Gasteiger partial charge on any atom is 0.259 e. The molecule has 5 heterocycles. The number of rotatable bonds is 3. The molecule has 0 aliphatic carbocycles. The highest BCUT2D eigenvalue weighted by Crippen LogP contribution is 2.39. The van der Waals surface area contributed by atoms with Gasteiger partial charge in [0.05, 0.1) is 23.5 Å². The van der Waals surface area contributed by atoms with Crippen molar-refractivity contribution in [2.45, 2.75) is 70.0 Å². The molecule has 2 fully saturated rings. The Balaban J connectivity index is 1.32. The maximum absolute atomic E-state index is 13.5. The van der Waals surface area contributed by atoms with Gasteiger partial charge < -0.3 is 15.1 Å². The Kier molecular flexibility index (Phi) is 5.46. The number of carbonyl (C=O) groups is 1. The van der Waals surface area contributed by atoms with Crippen LogP contribution in [0.5, 0.6) is 0 Å². The molecule has 166 valence electrons. The standard InChI is InChI=1S/C24H34N6O/c1-24(2)16-21(20-8-4-5-11-25-20)27-22-19(17-26-30(22)24)23(31)29-14-9-18(10-15-29)28-12-6-3-7-13-28/h4-5,8,11,17-18,21,27H,3,6-7,9-10,12-16H2,1-2H3. The quantitative estimate of drug-likeness (QED) is 0.818. The molecule has 0 aromatic carbocycles. The summed E-state index contributed by atoms with van der Waals surface area (Å²) in [6.45, 7) is 8.47. The van der Waals surface area contributed by atoms with Gasteiger partial charge in [0.25, 0.3) is 5.91 Å². The Morgan fingerprint density at radius 1 is 1.10 bits per heavy atom. The highest BCUT2D eigenvalue weighted by atomic mass is 16.2. The minimum absolute atomic E-state index is 0.0665. The van der Waals surface area contributed by atoms with E-state index in [1.165, 1.54) is 32.4 Å². The lowest BCUT2D eigenvalue weighted by Gasteiger charge is -2.40. The van der Waals surface area contributed by atoms with Gasteiger partial charge in [-0.2, -0.15) is 5.10 Å². The zero-order valence-corrected chi connectivity index (χ0v) is 18.8. The number of nitrogens with one attached hydrogen (secondary N) is 1. The Morgan fingerprint density at radius 2 is 1.87 bits per heavy atom. The summed E-state index contributed by atoms with van der Waals surface area (Å²) in [6, 6.07) is 6.70. The van der Waals surface area contributed by atoms with Crippen molar-refractivity contribution in [2.24, 2.45) is 0 Å². The second-order valence-corrected chi connectivity index (χ2v) is 9.91. The number of carbonyl (C=O) groups excluding carboxylic acids is 1. The number of likely N-dealkylation sites (tertiary alicyclic amines) is 2. The molecule has 7 nitrogen and oxygen atoms in total. The van der Waals surface area contributed by atoms with E-state index >= 15 is 0 Å². The lowest BCUT2D eigenvalue weighted by Crippen LogP contribution is -2.48. The third kappa shape index (κ3) is 3.95. The second kappa shape index (κ2) is 8.26. The predicted molar refractivity (Wildman–Crippen MR) is 121 cm³/mol. The summed E-state index contributed by atoms with van der Waals surface area (Å²) in [5.74, 6) is 0.929. The number of fused-ring (bicyclic) bond motifs is 1. The summed E-state index contributed by atoms with van der Waals surface area (Å²) < 4.78 is 1.99. The molecule has 1 N–H and O–H groups in total. The minimum Gasteiger partial charge on any atom is -0.361 e. The molecule has 0 bridgehead atoms. The number of pyridine rings is 1. The molecule has 1 atom stereocenters. The van der Waals surface area contributed by atoms with Gasteiger partial charge in [-0.3, -0.25) is 9.78 Å². The summed E-state index contributed by atoms with van der Waals surface area (Å²) in [5.41, 5.74) is 1.50. The van der Waals surface area contributed by atoms with Crippen molar-refractivity contribution in [1.82, 2.24) is 24.6 Å². The molecule has 2 aromatic heterocycles. The van der Waals surface area contributed by atoms with E-state index in [1.54, 1.807) is 6.20 Å². The normalized spacial score (nSPS) is 24.5. The van der Waals surface area contributed by atoms with Gasteiger partial charge >= 0.3 is 0 Å². The van der Waals surface area contributed by atoms with Gasteiger partial charge in [0, 0.05) is 25.3 Å². The number of aromatic nitrogens is 3. The smallest absolute Gasteiger partial charge is 0.259 e. The van der Waals surface area contributed by atoms with Crippen LogP contribution in [0.4, 0.5) is 5.82 Å². The molecule has 2 aromatic rings. The van der Waals surface area contributed by atoms with Crippen LogP contribution in [0.2, 0.25) is 0 Å². The van der Waals surface area contributed by atoms with Gasteiger partial charge in [0.2, 0.25) is 0 Å². The van der Waals surface area contributed by atoms with Crippen LogP contribution in [0.15, 0.2) is 30.6 Å². The van der Waals surface area contributed by atoms with Crippen LogP contribution in [-0.2, 0) is 5.54 Å². The summed E-state index contributed by atoms with van der Waals surface area (Å²) in [5, 5.41) is 8.20. The average Bonchev–Trinajstić information content (AvgIpc) is 3.25. The summed E-state index contributed by atoms with van der Waals surface area (Å²) >= 11 is 0. The van der Waals surface area contributed by atoms with Gasteiger partial charge in [0.15, 0.2) is 0 Å². The highest BCUT2D eigenvalue weighted by Gasteiger charge is 2.38. The molecule has 1 unspecified atom stereocenters. The van der Waals surface area contributed by atoms with Gasteiger partial charge in [-0.1, -0.05) is 12.5 Å². The summed E-state index contributed by atoms with van der Waals surface area (Å²) in [4.78, 5) is 22.7. The number of hydrogen-bond acceptors (Lipinski definition) is 5. The van der Waals surface area contributed by atoms with Crippen LogP contribution in [-0.4, -0.2) is 62.7 Å². The molecule has 2 saturated heterocycles. The number of piperidine rings is 2. The topological polar surface area (TPSA) is 66.3 Å². The van der Waals surface area contributed by atoms with E-state index in [4.69, 9.17) is 0 Å². The van der Waals surface area contributed by atoms with Crippen LogP contribution in [0.1, 0.15) is 74.5 Å². The zero-order valence-electron chi connectivity index (χ0n) is 18.8. The minimum atomic E-state index is -0.192. The maximum atomic E-state index is 13.5. The van der Waals surface area contributed by atoms with Crippen LogP contribution in [0.25, 0.3) is 0 Å². The first-order chi connectivity index (χ1) is 15.0. The molecule has 31 heavy (non-hydrogen) atoms. The molecule has 0 radical (unpaired) electrons. The van der Waals surface area contributed by atoms with E-state index in [9.17, 15) is 4.79 Å². The molecule has 3 aliphatic heterocycles. The van der Waals surface area contributed by atoms with Crippen molar-refractivity contribution in [3.05, 3.63) is 41.9 Å². The lowest BCUT2D eigenvalue weighted by atomic mass is 9.91. The zero-order chi connectivity index (χ0) is 21.4. The highest BCUT2D eigenvalue weighted by molar-refractivity contribution is 5.99. The van der Waals surface area contributed by atoms with Crippen molar-refractivity contribution in [3.8, 4) is 0 Å². The summed E-state index contributed by atoms with van der Waals surface area (Å²) in [6.07, 6.45) is 10.6. The fourth-order valence-corrected chi connectivity index (χ4v) is 5.55. The number of amides is 1. The Bertz CT molecular complexity index is 909. The molecule has 5 rings (SSSR count). The average molecular weight is 423 g/mol. The molecule has 0 saturated carbocycles. The predicted octanol–water partition coefficient (Wildman–Crippen LogP) is 3.66. The third-order valence-electron chi connectivity index (χ3n) is 7.29. The van der Waals surface area contributed by atoms with Crippen molar-refractivity contribution in [2.75, 3.05) is 31.5 Å². The fraction of sp³-hybridized carbons (Fsp3) is 0.625. The van der Waals surface area contributed by atoms with Crippen molar-refractivity contribution >= 4 is 11.7 Å². The number of anilines is 1. The van der Waals surface area contributed by atoms with Crippen molar-refractivity contribution in [1.29, 1.82) is 0 Å². The van der Waals surface area contributed by atoms with Crippen LogP contribution in [0, 0.1) is 0 Å². The molecule has 7 heteroatoms. The van der Waals surface area contributed by atoms with E-state index in [0.29, 0.717) is 11.6 Å². The van der Waals surface area contributed by atoms with E-state index in [2.05, 4.69) is 34.1 Å².